The minimum atomic E-state index is -0.320. The standard InChI is InChI=1S/2C17H23NO.2C16H24N2.C15H23NO.C14H24N2/c1-5-12(4)17(19)15-8-13-6-7-16(18-11(2)3)10-14(13)9-15;1-5-12(4)17(19)14-9-13-7-6-8-16(15(13)10-14)18-11(2)3;1-5-12(4)18-16-8-13-6-7-15(17-11(2)3)9-14(13)10-16;1-5-12(4)18-14-9-13-7-6-8-16(15(13)10-14)17-11(2)3;1-14(2,3)13(17)11-7-9-12(10-8-11)16-15(4,5)6;1-13(2,3)15-11-7-9-12(10-8-11)16-14(4,5)6/h6-7,9-12,18H,5,8H2,1-4H3;6-9,11-12,18H,5,10H2,1-4H3;6-7,9-12,17-18H,5,8H2,1-4H3;6-9,11-12,17-18H,5,10H2,1-4H3;7-10,16H,1-6H3;7-10,15-16H,1-6H3. The van der Waals surface area contributed by atoms with Crippen molar-refractivity contribution in [2.75, 3.05) is 37.2 Å². The van der Waals surface area contributed by atoms with Gasteiger partial charge >= 0.3 is 0 Å². The van der Waals surface area contributed by atoms with E-state index in [4.69, 9.17) is 0 Å². The van der Waals surface area contributed by atoms with Crippen LogP contribution in [-0.2, 0) is 35.3 Å². The van der Waals surface area contributed by atoms with E-state index >= 15 is 0 Å². The van der Waals surface area contributed by atoms with Crippen LogP contribution in [0.25, 0.3) is 24.3 Å². The molecule has 4 unspecified atom stereocenters. The lowest BCUT2D eigenvalue weighted by molar-refractivity contribution is -0.119. The number of hydrogen-bond donors (Lipinski definition) is 9. The number of ketones is 3. The predicted molar refractivity (Wildman–Crippen MR) is 469 cm³/mol. The van der Waals surface area contributed by atoms with E-state index < -0.39 is 0 Å². The van der Waals surface area contributed by atoms with Gasteiger partial charge in [0.1, 0.15) is 0 Å². The molecule has 0 spiro atoms. The molecule has 0 saturated carbocycles. The highest BCUT2D eigenvalue weighted by Crippen LogP contribution is 2.36. The quantitative estimate of drug-likeness (QED) is 0.0265. The average molecular weight is 1460 g/mol. The van der Waals surface area contributed by atoms with Crippen molar-refractivity contribution in [3.8, 4) is 0 Å². The smallest absolute Gasteiger partial charge is 0.168 e. The second-order valence-corrected chi connectivity index (χ2v) is 35.3. The Bertz CT molecular complexity index is 3930. The second-order valence-electron chi connectivity index (χ2n) is 35.3. The summed E-state index contributed by atoms with van der Waals surface area (Å²) in [6.45, 7) is 59.4. The van der Waals surface area contributed by atoms with E-state index in [2.05, 4.69) is 328 Å². The zero-order valence-corrected chi connectivity index (χ0v) is 71.4. The van der Waals surface area contributed by atoms with Gasteiger partial charge in [-0.2, -0.15) is 0 Å². The summed E-state index contributed by atoms with van der Waals surface area (Å²) in [5.74, 6) is 1.04. The molecule has 0 fully saturated rings. The van der Waals surface area contributed by atoms with E-state index in [1.807, 2.05) is 58.9 Å². The molecule has 9 N–H and O–H groups in total. The lowest BCUT2D eigenvalue weighted by atomic mass is 9.86. The van der Waals surface area contributed by atoms with E-state index in [9.17, 15) is 14.4 Å². The topological polar surface area (TPSA) is 159 Å². The van der Waals surface area contributed by atoms with Crippen LogP contribution >= 0.6 is 0 Å². The number of anilines is 7. The van der Waals surface area contributed by atoms with Gasteiger partial charge in [0.15, 0.2) is 17.3 Å². The van der Waals surface area contributed by atoms with Crippen molar-refractivity contribution in [2.24, 2.45) is 17.3 Å². The van der Waals surface area contributed by atoms with Gasteiger partial charge in [-0.15, -0.1) is 0 Å². The maximum Gasteiger partial charge on any atom is 0.168 e. The highest BCUT2D eigenvalue weighted by atomic mass is 16.1. The number of allylic oxidation sites excluding steroid dienone is 4. The fraction of sp³-hybridized carbons (Fsp3) is 0.505. The molecular formula is C95H141N9O3. The van der Waals surface area contributed by atoms with Crippen molar-refractivity contribution in [1.82, 2.24) is 10.6 Å². The monoisotopic (exact) mass is 1460 g/mol. The van der Waals surface area contributed by atoms with Crippen LogP contribution in [0.15, 0.2) is 144 Å². The number of nitrogens with one attached hydrogen (secondary N) is 9. The summed E-state index contributed by atoms with van der Waals surface area (Å²) in [4.78, 5) is 36.6. The Morgan fingerprint density at radius 2 is 0.682 bits per heavy atom. The Labute approximate surface area is 649 Å². The van der Waals surface area contributed by atoms with Gasteiger partial charge in [0.2, 0.25) is 0 Å². The maximum atomic E-state index is 12.3. The Morgan fingerprint density at radius 3 is 1.07 bits per heavy atom. The normalized spacial score (nSPS) is 14.3. The van der Waals surface area contributed by atoms with E-state index in [0.29, 0.717) is 47.8 Å². The zero-order valence-electron chi connectivity index (χ0n) is 71.4. The molecule has 107 heavy (non-hydrogen) atoms. The molecule has 0 amide bonds. The fourth-order valence-electron chi connectivity index (χ4n) is 12.6. The summed E-state index contributed by atoms with van der Waals surface area (Å²) in [5.41, 5.74) is 23.9. The van der Waals surface area contributed by atoms with Crippen molar-refractivity contribution >= 4 is 81.5 Å². The molecule has 6 aromatic carbocycles. The third-order valence-electron chi connectivity index (χ3n) is 18.4. The third kappa shape index (κ3) is 30.6. The van der Waals surface area contributed by atoms with Crippen LogP contribution in [0.5, 0.6) is 0 Å². The van der Waals surface area contributed by atoms with Crippen LogP contribution in [0.2, 0.25) is 0 Å². The third-order valence-corrected chi connectivity index (χ3v) is 18.4. The second kappa shape index (κ2) is 40.6. The molecule has 0 saturated heterocycles. The van der Waals surface area contributed by atoms with Gasteiger partial charge in [0.05, 0.1) is 0 Å². The Kier molecular flexibility index (Phi) is 33.8. The van der Waals surface area contributed by atoms with Crippen LogP contribution in [-0.4, -0.2) is 70.2 Å². The molecule has 584 valence electrons. The molecule has 6 aromatic rings. The fourth-order valence-corrected chi connectivity index (χ4v) is 12.6. The van der Waals surface area contributed by atoms with Crippen molar-refractivity contribution in [1.29, 1.82) is 0 Å². The number of Topliss-reactive ketones (excluding diaryl/α,β-unsaturated/α-hetero) is 3. The highest BCUT2D eigenvalue weighted by Gasteiger charge is 2.27. The van der Waals surface area contributed by atoms with Crippen LogP contribution in [0.1, 0.15) is 274 Å². The average Bonchev–Trinajstić information content (AvgIpc) is 1.97. The summed E-state index contributed by atoms with van der Waals surface area (Å²) in [7, 11) is 0. The van der Waals surface area contributed by atoms with Gasteiger partial charge in [0, 0.05) is 164 Å². The molecule has 12 nitrogen and oxygen atoms in total. The van der Waals surface area contributed by atoms with E-state index in [1.54, 1.807) is 0 Å². The first kappa shape index (κ1) is 89.1. The van der Waals surface area contributed by atoms with Gasteiger partial charge in [-0.25, -0.2) is 0 Å². The molecule has 12 heteroatoms. The number of rotatable bonds is 24. The van der Waals surface area contributed by atoms with Crippen molar-refractivity contribution in [3.05, 3.63) is 194 Å². The van der Waals surface area contributed by atoms with Gasteiger partial charge in [-0.3, -0.25) is 14.4 Å². The minimum Gasteiger partial charge on any atom is -0.386 e. The van der Waals surface area contributed by atoms with E-state index in [0.717, 1.165) is 96.5 Å². The highest BCUT2D eigenvalue weighted by molar-refractivity contribution is 6.04. The molecule has 4 atom stereocenters. The summed E-state index contributed by atoms with van der Waals surface area (Å²) in [6, 6.07) is 44.8. The number of hydrogen-bond acceptors (Lipinski definition) is 12. The summed E-state index contributed by atoms with van der Waals surface area (Å²) < 4.78 is 0. The number of fused-ring (bicyclic) bond motifs is 4. The summed E-state index contributed by atoms with van der Waals surface area (Å²) >= 11 is 0. The summed E-state index contributed by atoms with van der Waals surface area (Å²) in [6.07, 6.45) is 16.5. The Morgan fingerprint density at radius 1 is 0.346 bits per heavy atom. The van der Waals surface area contributed by atoms with Crippen LogP contribution in [0, 0.1) is 17.3 Å². The summed E-state index contributed by atoms with van der Waals surface area (Å²) in [5, 5.41) is 31.3. The van der Waals surface area contributed by atoms with E-state index in [-0.39, 0.29) is 39.7 Å². The largest absolute Gasteiger partial charge is 0.386 e. The predicted octanol–water partition coefficient (Wildman–Crippen LogP) is 23.9. The molecule has 0 aliphatic heterocycles. The first-order valence-electron chi connectivity index (χ1n) is 40.1. The number of carbonyl (C=O) groups is 3. The molecule has 0 radical (unpaired) electrons. The first-order chi connectivity index (χ1) is 50.0. The van der Waals surface area contributed by atoms with Crippen LogP contribution < -0.4 is 47.9 Å². The van der Waals surface area contributed by atoms with Gasteiger partial charge < -0.3 is 47.9 Å². The number of benzene rings is 6. The van der Waals surface area contributed by atoms with Gasteiger partial charge in [-0.1, -0.05) is 98.7 Å². The Hall–Kier alpha value is -8.51. The molecule has 0 heterocycles. The minimum absolute atomic E-state index is 0.0373. The zero-order chi connectivity index (χ0) is 79.9. The van der Waals surface area contributed by atoms with Crippen LogP contribution in [0.3, 0.4) is 0 Å². The molecule has 10 rings (SSSR count). The van der Waals surface area contributed by atoms with Gasteiger partial charge in [0.25, 0.3) is 0 Å². The molecule has 4 aliphatic rings. The molecule has 0 bridgehead atoms. The van der Waals surface area contributed by atoms with E-state index in [1.165, 1.54) is 67.3 Å². The van der Waals surface area contributed by atoms with Crippen LogP contribution in [0.4, 0.5) is 39.8 Å². The van der Waals surface area contributed by atoms with Crippen molar-refractivity contribution in [2.45, 2.75) is 298 Å². The maximum absolute atomic E-state index is 12.3. The molecule has 4 aliphatic carbocycles. The SMILES string of the molecule is CC(C)(C)Nc1ccc(C(=O)C(C)(C)C)cc1.CC(C)(C)Nc1ccc(NC(C)(C)C)cc1.CCC(C)C(=O)C1=Cc2cc(NC(C)C)ccc2C1.CCC(C)C(=O)C1=Cc2cccc(NC(C)C)c2C1.CCC(C)NC1=Cc2cc(NC(C)C)ccc2C1.CCC(C)NC1=Cc2cccc(NC(C)C)c2C1. The molecular weight excluding hydrogens is 1320 g/mol. The first-order valence-corrected chi connectivity index (χ1v) is 40.1. The lowest BCUT2D eigenvalue weighted by Crippen LogP contribution is -2.27. The van der Waals surface area contributed by atoms with Crippen molar-refractivity contribution < 1.29 is 14.4 Å². The lowest BCUT2D eigenvalue weighted by Gasteiger charge is -2.24. The molecule has 0 aromatic heterocycles. The van der Waals surface area contributed by atoms with Gasteiger partial charge in [-0.05, 0) is 311 Å². The van der Waals surface area contributed by atoms with Crippen molar-refractivity contribution in [3.63, 3.8) is 0 Å². The number of carbonyl (C=O) groups excluding carboxylic acids is 3. The Balaban J connectivity index is 0.000000231.